The average molecular weight is 1170 g/mol. The van der Waals surface area contributed by atoms with E-state index in [2.05, 4.69) is 55.3 Å². The Hall–Kier alpha value is -9.70. The van der Waals surface area contributed by atoms with Crippen molar-refractivity contribution in [3.8, 4) is 56.3 Å². The maximum atomic E-state index is 13.4. The van der Waals surface area contributed by atoms with Crippen molar-refractivity contribution >= 4 is 77.6 Å². The van der Waals surface area contributed by atoms with Gasteiger partial charge in [0.25, 0.3) is 5.91 Å². The quantitative estimate of drug-likeness (QED) is 0.0717. The third kappa shape index (κ3) is 11.8. The summed E-state index contributed by atoms with van der Waals surface area (Å²) in [6.45, 7) is 15.5. The van der Waals surface area contributed by atoms with Crippen LogP contribution in [-0.4, -0.2) is 144 Å². The van der Waals surface area contributed by atoms with Crippen LogP contribution in [0.25, 0.3) is 110 Å². The molecule has 12 aromatic rings. The van der Waals surface area contributed by atoms with Gasteiger partial charge in [-0.25, -0.2) is 24.7 Å². The number of H-pyrrole nitrogens is 2. The Bertz CT molecular complexity index is 4450. The number of amides is 1. The second-order valence-corrected chi connectivity index (χ2v) is 21.3. The standard InChI is InChI=1S/C32H31N7O3.C26H19N5O4.C6H14N2.2CH4/c1-18-27(19(2)42-38-18)23-16-25-22(17-26(23)41-3)28-29(21-10-11-33-24-9-5-4-8-20(21)24)36-31(37-30(28)35-25)32(40)34-12-15-39-13-6-7-14-39;1-12-21(13(2)35-31-12)17-10-19-16(11-20(17)34-3)22-23(29-25(26(32)33)30-24(22)28-19)15-8-9-27-18-7-5-4-6-14(15)18;7-3-6-8-4-1-2-5-8;;/h4-5,8-11,16-17H,6-7,12-15H2,1-3H3,(H,34,40)(H,35,36,37);4-11H,1-3H3,(H,32,33)(H,28,29,30);1-7H2;2*1H4. The number of nitrogens with zero attached hydrogens (tertiary/aromatic N) is 10. The summed E-state index contributed by atoms with van der Waals surface area (Å²) in [5.41, 5.74) is 17.3. The summed E-state index contributed by atoms with van der Waals surface area (Å²) in [6.07, 6.45) is 8.63. The molecule has 21 heteroatoms. The first kappa shape index (κ1) is 60.4. The first-order chi connectivity index (χ1) is 41.4. The number of aromatic nitrogens is 10. The summed E-state index contributed by atoms with van der Waals surface area (Å²) in [6, 6.07) is 27.2. The van der Waals surface area contributed by atoms with Crippen molar-refractivity contribution in [3.05, 3.63) is 132 Å². The number of nitrogens with one attached hydrogen (secondary N) is 3. The normalized spacial score (nSPS) is 13.4. The minimum Gasteiger partial charge on any atom is -0.496 e. The molecule has 2 saturated heterocycles. The van der Waals surface area contributed by atoms with Crippen LogP contribution >= 0.6 is 0 Å². The molecule has 14 rings (SSSR count). The average Bonchev–Trinajstić information content (AvgIpc) is 1.78. The molecule has 1 amide bonds. The molecule has 0 spiro atoms. The molecular weight excluding hydrogens is 1100 g/mol. The van der Waals surface area contributed by atoms with Crippen LogP contribution in [0.4, 0.5) is 0 Å². The lowest BCUT2D eigenvalue weighted by Gasteiger charge is -2.14. The molecule has 0 saturated carbocycles. The molecule has 6 N–H and O–H groups in total. The third-order valence-electron chi connectivity index (χ3n) is 15.9. The van der Waals surface area contributed by atoms with E-state index >= 15 is 0 Å². The highest BCUT2D eigenvalue weighted by atomic mass is 16.5. The number of hydrogen-bond donors (Lipinski definition) is 5. The number of ether oxygens (including phenoxy) is 2. The molecule has 2 aliphatic rings. The fourth-order valence-electron chi connectivity index (χ4n) is 11.9. The molecule has 0 unspecified atom stereocenters. The van der Waals surface area contributed by atoms with Crippen molar-refractivity contribution < 1.29 is 33.2 Å². The molecule has 10 heterocycles. The maximum absolute atomic E-state index is 13.4. The predicted octanol–water partition coefficient (Wildman–Crippen LogP) is 12.1. The molecule has 4 aromatic carbocycles. The van der Waals surface area contributed by atoms with Crippen LogP contribution in [0.1, 0.15) is 84.7 Å². The number of pyridine rings is 2. The van der Waals surface area contributed by atoms with E-state index in [-0.39, 0.29) is 32.4 Å². The van der Waals surface area contributed by atoms with Crippen molar-refractivity contribution in [2.75, 3.05) is 66.6 Å². The molecule has 448 valence electrons. The summed E-state index contributed by atoms with van der Waals surface area (Å²) in [5, 5.41) is 26.0. The number of para-hydroxylation sites is 2. The van der Waals surface area contributed by atoms with E-state index in [4.69, 9.17) is 34.2 Å². The molecule has 8 aromatic heterocycles. The molecule has 87 heavy (non-hydrogen) atoms. The lowest BCUT2D eigenvalue weighted by molar-refractivity contribution is 0.0683. The van der Waals surface area contributed by atoms with Gasteiger partial charge in [-0.3, -0.25) is 14.8 Å². The van der Waals surface area contributed by atoms with E-state index in [0.717, 1.165) is 126 Å². The molecule has 21 nitrogen and oxygen atoms in total. The van der Waals surface area contributed by atoms with E-state index in [1.165, 1.54) is 38.8 Å². The highest BCUT2D eigenvalue weighted by Gasteiger charge is 2.26. The van der Waals surface area contributed by atoms with Gasteiger partial charge in [0.05, 0.1) is 69.9 Å². The minimum atomic E-state index is -1.21. The number of fused-ring (bicyclic) bond motifs is 8. The number of aryl methyl sites for hydroxylation is 4. The number of carboxylic acid groups (broad SMARTS) is 1. The second-order valence-electron chi connectivity index (χ2n) is 21.3. The highest BCUT2D eigenvalue weighted by Crippen LogP contribution is 2.44. The van der Waals surface area contributed by atoms with Gasteiger partial charge >= 0.3 is 5.97 Å². The number of aromatic amines is 2. The third-order valence-corrected chi connectivity index (χ3v) is 15.9. The summed E-state index contributed by atoms with van der Waals surface area (Å²) >= 11 is 0. The Balaban J connectivity index is 0.000000169. The van der Waals surface area contributed by atoms with E-state index in [1.54, 1.807) is 26.6 Å². The number of carbonyl (C=O) groups excluding carboxylic acids is 1. The molecular formula is C66H72N14O7. The minimum absolute atomic E-state index is 0. The Kier molecular flexibility index (Phi) is 18.0. The maximum Gasteiger partial charge on any atom is 0.374 e. The topological polar surface area (TPSA) is 278 Å². The zero-order chi connectivity index (χ0) is 58.9. The van der Waals surface area contributed by atoms with Crippen molar-refractivity contribution in [2.45, 2.75) is 68.2 Å². The predicted molar refractivity (Wildman–Crippen MR) is 340 cm³/mol. The van der Waals surface area contributed by atoms with Crippen LogP contribution < -0.4 is 20.5 Å². The van der Waals surface area contributed by atoms with Gasteiger partial charge < -0.3 is 54.4 Å². The Labute approximate surface area is 502 Å². The Morgan fingerprint density at radius 2 is 1.05 bits per heavy atom. The lowest BCUT2D eigenvalue weighted by Crippen LogP contribution is -2.34. The van der Waals surface area contributed by atoms with Crippen molar-refractivity contribution in [1.82, 2.24) is 65.3 Å². The molecule has 0 aliphatic carbocycles. The van der Waals surface area contributed by atoms with Gasteiger partial charge in [-0.05, 0) is 128 Å². The first-order valence-electron chi connectivity index (χ1n) is 28.4. The van der Waals surface area contributed by atoms with E-state index in [1.807, 2.05) is 113 Å². The summed E-state index contributed by atoms with van der Waals surface area (Å²) < 4.78 is 22.4. The number of methoxy groups -OCH3 is 2. The molecule has 2 aliphatic heterocycles. The number of carboxylic acids is 1. The Morgan fingerprint density at radius 1 is 0.598 bits per heavy atom. The molecule has 2 fully saturated rings. The van der Waals surface area contributed by atoms with Gasteiger partial charge in [0, 0.05) is 93.4 Å². The number of hydrogen-bond acceptors (Lipinski definition) is 17. The van der Waals surface area contributed by atoms with Crippen LogP contribution in [0.5, 0.6) is 11.5 Å². The van der Waals surface area contributed by atoms with Crippen LogP contribution in [0, 0.1) is 27.7 Å². The summed E-state index contributed by atoms with van der Waals surface area (Å²) in [4.78, 5) is 64.2. The number of nitrogens with two attached hydrogens (primary N) is 1. The van der Waals surface area contributed by atoms with Gasteiger partial charge in [-0.1, -0.05) is 61.6 Å². The van der Waals surface area contributed by atoms with E-state index < -0.39 is 5.97 Å². The van der Waals surface area contributed by atoms with Gasteiger partial charge in [-0.15, -0.1) is 0 Å². The van der Waals surface area contributed by atoms with Crippen molar-refractivity contribution in [1.29, 1.82) is 0 Å². The number of benzene rings is 4. The van der Waals surface area contributed by atoms with Crippen LogP contribution in [0.15, 0.2) is 106 Å². The monoisotopic (exact) mass is 1170 g/mol. The van der Waals surface area contributed by atoms with Crippen LogP contribution in [0.2, 0.25) is 0 Å². The summed E-state index contributed by atoms with van der Waals surface area (Å²) in [7, 11) is 3.25. The summed E-state index contributed by atoms with van der Waals surface area (Å²) in [5.74, 6) is 0.989. The second kappa shape index (κ2) is 25.9. The molecule has 0 radical (unpaired) electrons. The number of rotatable bonds is 13. The van der Waals surface area contributed by atoms with Gasteiger partial charge in [0.15, 0.2) is 0 Å². The van der Waals surface area contributed by atoms with E-state index in [0.29, 0.717) is 57.6 Å². The van der Waals surface area contributed by atoms with Crippen molar-refractivity contribution in [2.24, 2.45) is 5.73 Å². The van der Waals surface area contributed by atoms with Gasteiger partial charge in [-0.2, -0.15) is 0 Å². The highest BCUT2D eigenvalue weighted by molar-refractivity contribution is 6.18. The van der Waals surface area contributed by atoms with Crippen LogP contribution in [0.3, 0.4) is 0 Å². The lowest BCUT2D eigenvalue weighted by atomic mass is 9.99. The zero-order valence-electron chi connectivity index (χ0n) is 48.2. The molecule has 0 bridgehead atoms. The van der Waals surface area contributed by atoms with Gasteiger partial charge in [0.1, 0.15) is 34.3 Å². The number of carbonyl (C=O) groups is 2. The number of likely N-dealkylation sites (tertiary alicyclic amines) is 2. The fraction of sp³-hybridized carbons (Fsp3) is 0.303. The largest absolute Gasteiger partial charge is 0.496 e. The van der Waals surface area contributed by atoms with E-state index in [9.17, 15) is 14.7 Å². The van der Waals surface area contributed by atoms with Crippen molar-refractivity contribution in [3.63, 3.8) is 0 Å². The fourth-order valence-corrected chi connectivity index (χ4v) is 11.9. The zero-order valence-corrected chi connectivity index (χ0v) is 48.2. The van der Waals surface area contributed by atoms with Gasteiger partial charge in [0.2, 0.25) is 11.6 Å². The Morgan fingerprint density at radius 3 is 1.48 bits per heavy atom. The molecule has 0 atom stereocenters. The smallest absolute Gasteiger partial charge is 0.374 e. The first-order valence-corrected chi connectivity index (χ1v) is 28.4. The SMILES string of the molecule is C.C.COc1cc2c(cc1-c1c(C)noc1C)[nH]c1nc(C(=O)NCCN3CCCC3)nc(-c3ccnc4ccccc34)c12.COc1cc2c(cc1-c1c(C)noc1C)[nH]c1nc(C(=O)O)nc(-c3ccnc4ccccc34)c12.NCCN1CCCC1. The number of aromatic carboxylic acids is 1. The van der Waals surface area contributed by atoms with Crippen LogP contribution in [-0.2, 0) is 0 Å².